The van der Waals surface area contributed by atoms with E-state index in [2.05, 4.69) is 184 Å². The van der Waals surface area contributed by atoms with Crippen molar-refractivity contribution in [2.75, 3.05) is 0 Å². The van der Waals surface area contributed by atoms with Gasteiger partial charge in [-0.1, -0.05) is 172 Å². The second-order valence-corrected chi connectivity index (χ2v) is 15.2. The van der Waals surface area contributed by atoms with E-state index in [1.54, 1.807) is 0 Å². The first kappa shape index (κ1) is 30.6. The van der Waals surface area contributed by atoms with Crippen molar-refractivity contribution >= 4 is 31.5 Å². The molecule has 246 valence electrons. The maximum atomic E-state index is 5.46. The largest absolute Gasteiger partial charge is 0.228 e. The second-order valence-electron chi connectivity index (χ2n) is 14.1. The van der Waals surface area contributed by atoms with E-state index in [-0.39, 0.29) is 5.41 Å². The van der Waals surface area contributed by atoms with Gasteiger partial charge in [0, 0.05) is 42.3 Å². The van der Waals surface area contributed by atoms with Crippen LogP contribution >= 0.6 is 11.3 Å². The lowest BCUT2D eigenvalue weighted by Crippen LogP contribution is -2.14. The molecule has 2 nitrogen and oxygen atoms in total. The molecule has 0 N–H and O–H groups in total. The van der Waals surface area contributed by atoms with Crippen LogP contribution in [0.3, 0.4) is 0 Å². The summed E-state index contributed by atoms with van der Waals surface area (Å²) in [6.45, 7) is 4.65. The summed E-state index contributed by atoms with van der Waals surface area (Å²) < 4.78 is 2.53. The Balaban J connectivity index is 1.21. The number of hydrogen-bond acceptors (Lipinski definition) is 3. The number of rotatable bonds is 5. The van der Waals surface area contributed by atoms with Crippen LogP contribution in [-0.2, 0) is 5.41 Å². The quantitative estimate of drug-likeness (QED) is 0.181. The Labute approximate surface area is 307 Å². The summed E-state index contributed by atoms with van der Waals surface area (Å²) in [7, 11) is 0. The molecule has 1 aliphatic carbocycles. The molecule has 10 rings (SSSR count). The standard InChI is InChI=1S/C49H34N2S/c1-49(2)41-23-10-8-19-38(41)46-40(22-13-24-42(46)49)48-50-43(30-44(51-48)39-21-12-20-37-36-18-9-11-25-45(36)52-47(37)39)35-17-7-6-16-34(35)33-28-26-32(27-29-33)31-14-4-3-5-15-31/h3-30H,1-2H3. The molecule has 9 aromatic rings. The normalized spacial score (nSPS) is 13.0. The first-order valence-corrected chi connectivity index (χ1v) is 18.6. The van der Waals surface area contributed by atoms with Gasteiger partial charge in [0.05, 0.1) is 11.4 Å². The minimum Gasteiger partial charge on any atom is -0.228 e. The topological polar surface area (TPSA) is 25.8 Å². The molecule has 0 aliphatic heterocycles. The Morgan fingerprint density at radius 3 is 1.81 bits per heavy atom. The summed E-state index contributed by atoms with van der Waals surface area (Å²) in [4.78, 5) is 10.9. The Hall–Kier alpha value is -6.16. The maximum absolute atomic E-state index is 5.46. The van der Waals surface area contributed by atoms with E-state index in [0.717, 1.165) is 45.0 Å². The SMILES string of the molecule is CC1(C)c2ccccc2-c2c(-c3nc(-c4ccccc4-c4ccc(-c5ccccc5)cc4)cc(-c4cccc5c4sc4ccccc45)n3)cccc21. The fourth-order valence-electron chi connectivity index (χ4n) is 8.16. The van der Waals surface area contributed by atoms with Gasteiger partial charge < -0.3 is 0 Å². The van der Waals surface area contributed by atoms with Gasteiger partial charge in [-0.15, -0.1) is 11.3 Å². The molecule has 2 aromatic heterocycles. The highest BCUT2D eigenvalue weighted by Crippen LogP contribution is 2.52. The Morgan fingerprint density at radius 1 is 0.423 bits per heavy atom. The van der Waals surface area contributed by atoms with Crippen LogP contribution in [0, 0.1) is 0 Å². The molecule has 0 spiro atoms. The molecule has 7 aromatic carbocycles. The minimum atomic E-state index is -0.121. The van der Waals surface area contributed by atoms with E-state index in [1.807, 2.05) is 11.3 Å². The molecule has 0 bridgehead atoms. The summed E-state index contributed by atoms with van der Waals surface area (Å²) in [5.74, 6) is 0.740. The van der Waals surface area contributed by atoms with E-state index < -0.39 is 0 Å². The van der Waals surface area contributed by atoms with Crippen LogP contribution in [-0.4, -0.2) is 9.97 Å². The molecule has 0 amide bonds. The van der Waals surface area contributed by atoms with Crippen molar-refractivity contribution in [2.45, 2.75) is 19.3 Å². The van der Waals surface area contributed by atoms with Crippen molar-refractivity contribution in [1.82, 2.24) is 9.97 Å². The lowest BCUT2D eigenvalue weighted by Gasteiger charge is -2.21. The van der Waals surface area contributed by atoms with Gasteiger partial charge in [-0.25, -0.2) is 9.97 Å². The highest BCUT2D eigenvalue weighted by Gasteiger charge is 2.37. The monoisotopic (exact) mass is 682 g/mol. The molecule has 3 heteroatoms. The predicted octanol–water partition coefficient (Wildman–Crippen LogP) is 13.5. The summed E-state index contributed by atoms with van der Waals surface area (Å²) >= 11 is 1.84. The molecule has 0 atom stereocenters. The molecular formula is C49H34N2S. The van der Waals surface area contributed by atoms with Crippen molar-refractivity contribution in [2.24, 2.45) is 0 Å². The summed E-state index contributed by atoms with van der Waals surface area (Å²) in [6.07, 6.45) is 0. The van der Waals surface area contributed by atoms with Crippen LogP contribution in [0.15, 0.2) is 170 Å². The van der Waals surface area contributed by atoms with Gasteiger partial charge in [0.2, 0.25) is 0 Å². The number of nitrogens with zero attached hydrogens (tertiary/aromatic N) is 2. The zero-order chi connectivity index (χ0) is 34.8. The molecular weight excluding hydrogens is 649 g/mol. The van der Waals surface area contributed by atoms with Gasteiger partial charge in [-0.3, -0.25) is 0 Å². The number of hydrogen-bond donors (Lipinski definition) is 0. The Morgan fingerprint density at radius 2 is 0.981 bits per heavy atom. The van der Waals surface area contributed by atoms with E-state index in [0.29, 0.717) is 0 Å². The van der Waals surface area contributed by atoms with Crippen molar-refractivity contribution in [3.8, 4) is 67.3 Å². The van der Waals surface area contributed by atoms with Gasteiger partial charge in [0.1, 0.15) is 0 Å². The molecule has 2 heterocycles. The molecule has 0 saturated heterocycles. The number of aromatic nitrogens is 2. The van der Waals surface area contributed by atoms with Crippen LogP contribution in [0.25, 0.3) is 87.5 Å². The van der Waals surface area contributed by atoms with E-state index in [1.165, 1.54) is 53.6 Å². The van der Waals surface area contributed by atoms with Crippen LogP contribution in [0.4, 0.5) is 0 Å². The summed E-state index contributed by atoms with van der Waals surface area (Å²) in [5, 5.41) is 2.54. The van der Waals surface area contributed by atoms with Gasteiger partial charge in [-0.2, -0.15) is 0 Å². The lowest BCUT2D eigenvalue weighted by molar-refractivity contribution is 0.660. The Kier molecular flexibility index (Phi) is 7.06. The average Bonchev–Trinajstić information content (AvgIpc) is 3.70. The van der Waals surface area contributed by atoms with Crippen molar-refractivity contribution in [3.05, 3.63) is 181 Å². The molecule has 52 heavy (non-hydrogen) atoms. The van der Waals surface area contributed by atoms with Crippen LogP contribution in [0.1, 0.15) is 25.0 Å². The zero-order valence-electron chi connectivity index (χ0n) is 29.0. The summed E-state index contributed by atoms with van der Waals surface area (Å²) in [6, 6.07) is 61.0. The minimum absolute atomic E-state index is 0.121. The van der Waals surface area contributed by atoms with Crippen LogP contribution in [0.5, 0.6) is 0 Å². The highest BCUT2D eigenvalue weighted by molar-refractivity contribution is 7.26. The van der Waals surface area contributed by atoms with E-state index in [9.17, 15) is 0 Å². The van der Waals surface area contributed by atoms with Crippen molar-refractivity contribution < 1.29 is 0 Å². The van der Waals surface area contributed by atoms with Crippen molar-refractivity contribution in [1.29, 1.82) is 0 Å². The van der Waals surface area contributed by atoms with Gasteiger partial charge >= 0.3 is 0 Å². The first-order chi connectivity index (χ1) is 25.5. The van der Waals surface area contributed by atoms with Gasteiger partial charge in [-0.05, 0) is 56.6 Å². The fourth-order valence-corrected chi connectivity index (χ4v) is 9.39. The maximum Gasteiger partial charge on any atom is 0.161 e. The molecule has 1 aliphatic rings. The van der Waals surface area contributed by atoms with E-state index in [4.69, 9.17) is 9.97 Å². The number of benzene rings is 7. The fraction of sp³-hybridized carbons (Fsp3) is 0.0612. The third-order valence-electron chi connectivity index (χ3n) is 10.8. The van der Waals surface area contributed by atoms with Gasteiger partial charge in [0.25, 0.3) is 0 Å². The van der Waals surface area contributed by atoms with E-state index >= 15 is 0 Å². The Bertz CT molecular complexity index is 2810. The molecule has 0 unspecified atom stereocenters. The predicted molar refractivity (Wildman–Crippen MR) is 220 cm³/mol. The lowest BCUT2D eigenvalue weighted by atomic mass is 9.82. The average molecular weight is 683 g/mol. The number of fused-ring (bicyclic) bond motifs is 6. The van der Waals surface area contributed by atoms with Crippen molar-refractivity contribution in [3.63, 3.8) is 0 Å². The third-order valence-corrected chi connectivity index (χ3v) is 12.0. The zero-order valence-corrected chi connectivity index (χ0v) is 29.8. The molecule has 0 saturated carbocycles. The molecule has 0 fully saturated rings. The third kappa shape index (κ3) is 4.85. The smallest absolute Gasteiger partial charge is 0.161 e. The first-order valence-electron chi connectivity index (χ1n) is 17.8. The molecule has 0 radical (unpaired) electrons. The van der Waals surface area contributed by atoms with Crippen LogP contribution < -0.4 is 0 Å². The summed E-state index contributed by atoms with van der Waals surface area (Å²) in [5.41, 5.74) is 14.8. The second kappa shape index (κ2) is 12.0. The van der Waals surface area contributed by atoms with Gasteiger partial charge in [0.15, 0.2) is 5.82 Å². The van der Waals surface area contributed by atoms with Crippen LogP contribution in [0.2, 0.25) is 0 Å². The highest BCUT2D eigenvalue weighted by atomic mass is 32.1. The number of thiophene rings is 1.